The largest absolute Gasteiger partial charge is 0.493 e. The molecular weight excluding hydrogens is 586 g/mol. The number of carbonyl (C=O) groups is 1. The Morgan fingerprint density at radius 3 is 2.36 bits per heavy atom. The molecule has 1 aliphatic heterocycles. The molecular formula is C31H40F2O7S2. The topological polar surface area (TPSA) is 99.1 Å². The molecule has 7 nitrogen and oxygen atoms in total. The Morgan fingerprint density at radius 2 is 1.71 bits per heavy atom. The first-order chi connectivity index (χ1) is 19.9. The molecule has 1 N–H and O–H groups in total. The number of aliphatic hydroxyl groups is 1. The van der Waals surface area contributed by atoms with Crippen LogP contribution in [0, 0.1) is 17.3 Å². The van der Waals surface area contributed by atoms with Crippen molar-refractivity contribution >= 4 is 37.2 Å². The number of fused-ring (bicyclic) bond motifs is 1. The third-order valence-electron chi connectivity index (χ3n) is 9.63. The van der Waals surface area contributed by atoms with E-state index in [2.05, 4.69) is 6.92 Å². The molecule has 0 spiro atoms. The molecule has 4 saturated carbocycles. The summed E-state index contributed by atoms with van der Waals surface area (Å²) in [5.74, 6) is -0.342. The van der Waals surface area contributed by atoms with Crippen molar-refractivity contribution in [1.82, 2.24) is 0 Å². The zero-order valence-corrected chi connectivity index (χ0v) is 25.6. The molecule has 2 aromatic carbocycles. The van der Waals surface area contributed by atoms with Crippen molar-refractivity contribution in [1.29, 1.82) is 0 Å². The number of halogens is 2. The molecule has 2 aromatic rings. The van der Waals surface area contributed by atoms with Crippen LogP contribution in [0.4, 0.5) is 8.78 Å². The lowest BCUT2D eigenvalue weighted by Crippen LogP contribution is -2.57. The van der Waals surface area contributed by atoms with Crippen molar-refractivity contribution in [2.24, 2.45) is 17.3 Å². The van der Waals surface area contributed by atoms with Gasteiger partial charge in [-0.1, -0.05) is 47.9 Å². The quantitative estimate of drug-likeness (QED) is 0.219. The van der Waals surface area contributed by atoms with E-state index in [0.717, 1.165) is 24.6 Å². The summed E-state index contributed by atoms with van der Waals surface area (Å²) in [6.45, 7) is 2.27. The molecule has 4 bridgehead atoms. The number of esters is 1. The number of ether oxygens (including phenoxy) is 2. The zero-order valence-electron chi connectivity index (χ0n) is 24.0. The van der Waals surface area contributed by atoms with Crippen LogP contribution in [0.2, 0.25) is 0 Å². The molecule has 2 unspecified atom stereocenters. The number of carbonyl (C=O) groups excluding carboxylic acids is 1. The lowest BCUT2D eigenvalue weighted by molar-refractivity contribution is -0.193. The van der Waals surface area contributed by atoms with E-state index in [1.165, 1.54) is 0 Å². The first-order valence-corrected chi connectivity index (χ1v) is 18.4. The van der Waals surface area contributed by atoms with E-state index in [4.69, 9.17) is 13.1 Å². The summed E-state index contributed by atoms with van der Waals surface area (Å²) in [6, 6.07) is 10.8. The van der Waals surface area contributed by atoms with Crippen LogP contribution in [-0.4, -0.2) is 55.1 Å². The maximum absolute atomic E-state index is 15.5. The summed E-state index contributed by atoms with van der Waals surface area (Å²) in [6.07, 6.45) is 7.20. The predicted molar refractivity (Wildman–Crippen MR) is 157 cm³/mol. The summed E-state index contributed by atoms with van der Waals surface area (Å²) in [7, 11) is -8.39. The van der Waals surface area contributed by atoms with Gasteiger partial charge in [0.1, 0.15) is 5.75 Å². The Labute approximate surface area is 247 Å². The number of unbranched alkanes of at least 4 members (excludes halogenated alkanes) is 1. The average molecular weight is 627 g/mol. The number of alkyl halides is 2. The molecule has 5 fully saturated rings. The Kier molecular flexibility index (Phi) is 7.80. The minimum absolute atomic E-state index is 0.270. The molecule has 11 heteroatoms. The van der Waals surface area contributed by atoms with Gasteiger partial charge in [-0.05, 0) is 87.1 Å². The molecule has 1 saturated heterocycles. The lowest BCUT2D eigenvalue weighted by Gasteiger charge is -2.59. The fourth-order valence-corrected chi connectivity index (χ4v) is 14.0. The second-order valence-corrected chi connectivity index (χ2v) is 17.9. The van der Waals surface area contributed by atoms with Gasteiger partial charge in [0, 0.05) is 27.2 Å². The van der Waals surface area contributed by atoms with E-state index >= 15 is 8.78 Å². The van der Waals surface area contributed by atoms with Crippen LogP contribution in [0.15, 0.2) is 41.3 Å². The van der Waals surface area contributed by atoms with Gasteiger partial charge in [-0.25, -0.2) is 8.42 Å². The average Bonchev–Trinajstić information content (AvgIpc) is 3.39. The Hall–Kier alpha value is -1.95. The summed E-state index contributed by atoms with van der Waals surface area (Å²) in [4.78, 5) is 13.3. The fraction of sp³-hybridized carbons (Fsp3) is 0.645. The van der Waals surface area contributed by atoms with Crippen LogP contribution >= 0.6 is 10.3 Å². The number of rotatable bonds is 11. The van der Waals surface area contributed by atoms with Gasteiger partial charge in [0.05, 0.1) is 18.8 Å². The van der Waals surface area contributed by atoms with Gasteiger partial charge in [-0.3, -0.25) is 0 Å². The molecule has 42 heavy (non-hydrogen) atoms. The SMILES string of the molecule is CCCCOc1ccc(S2(OS(=O)(=O)C(F)(F)C(=O)OCC34CC5CC(CC(O)(C5)C3)C4)CCCC2)c2ccccc12. The Morgan fingerprint density at radius 1 is 1.05 bits per heavy atom. The molecule has 5 aliphatic rings. The Bertz CT molecular complexity index is 1440. The standard InChI is InChI=1S/C31H40F2O7S2/c1-2-3-12-38-26-10-11-27(25-9-5-4-8-24(25)26)41(13-6-7-14-41)40-42(36,37)31(32,33)28(34)39-21-29-16-22-15-23(17-29)19-30(35,18-22)20-29/h4-5,8-11,22-23,35H,2-3,6-7,12-21H2,1H3. The van der Waals surface area contributed by atoms with E-state index < -0.39 is 42.7 Å². The lowest BCUT2D eigenvalue weighted by atomic mass is 9.48. The molecule has 0 amide bonds. The van der Waals surface area contributed by atoms with Crippen molar-refractivity contribution in [3.63, 3.8) is 0 Å². The first kappa shape index (κ1) is 30.1. The molecule has 7 rings (SSSR count). The van der Waals surface area contributed by atoms with Gasteiger partial charge < -0.3 is 14.6 Å². The highest BCUT2D eigenvalue weighted by molar-refractivity contribution is 8.33. The highest BCUT2D eigenvalue weighted by atomic mass is 32.3. The molecule has 0 aromatic heterocycles. The van der Waals surface area contributed by atoms with Crippen LogP contribution in [0.3, 0.4) is 0 Å². The van der Waals surface area contributed by atoms with Gasteiger partial charge in [-0.2, -0.15) is 17.2 Å². The second-order valence-electron chi connectivity index (χ2n) is 13.0. The minimum Gasteiger partial charge on any atom is -0.493 e. The minimum atomic E-state index is -5.69. The van der Waals surface area contributed by atoms with Crippen molar-refractivity contribution in [3.05, 3.63) is 36.4 Å². The maximum Gasteiger partial charge on any atom is 0.466 e. The van der Waals surface area contributed by atoms with Crippen LogP contribution in [-0.2, 0) is 23.3 Å². The smallest absolute Gasteiger partial charge is 0.466 e. The van der Waals surface area contributed by atoms with Crippen LogP contribution in [0.1, 0.15) is 71.1 Å². The van der Waals surface area contributed by atoms with Crippen molar-refractivity contribution in [2.45, 2.75) is 86.9 Å². The highest BCUT2D eigenvalue weighted by Crippen LogP contribution is 2.65. The molecule has 0 radical (unpaired) electrons. The van der Waals surface area contributed by atoms with E-state index in [9.17, 15) is 18.3 Å². The third-order valence-corrected chi connectivity index (χ3v) is 15.2. The van der Waals surface area contributed by atoms with Crippen LogP contribution < -0.4 is 4.74 Å². The second kappa shape index (κ2) is 10.9. The number of hydrogen-bond acceptors (Lipinski definition) is 7. The molecule has 1 heterocycles. The summed E-state index contributed by atoms with van der Waals surface area (Å²) >= 11 is 0. The maximum atomic E-state index is 15.5. The van der Waals surface area contributed by atoms with Gasteiger partial charge in [0.25, 0.3) is 0 Å². The Balaban J connectivity index is 1.23. The normalized spacial score (nSPS) is 30.9. The number of hydrogen-bond donors (Lipinski definition) is 1. The van der Waals surface area contributed by atoms with Gasteiger partial charge in [-0.15, -0.1) is 0 Å². The van der Waals surface area contributed by atoms with E-state index in [1.54, 1.807) is 12.1 Å². The van der Waals surface area contributed by atoms with Crippen LogP contribution in [0.25, 0.3) is 10.8 Å². The molecule has 232 valence electrons. The van der Waals surface area contributed by atoms with Gasteiger partial charge in [0.2, 0.25) is 0 Å². The van der Waals surface area contributed by atoms with Crippen molar-refractivity contribution in [3.8, 4) is 5.75 Å². The summed E-state index contributed by atoms with van der Waals surface area (Å²) in [5, 5.41) is 7.54. The zero-order chi connectivity index (χ0) is 29.8. The van der Waals surface area contributed by atoms with E-state index in [0.29, 0.717) is 79.1 Å². The summed E-state index contributed by atoms with van der Waals surface area (Å²) in [5.41, 5.74) is -1.45. The van der Waals surface area contributed by atoms with E-state index in [-0.39, 0.29) is 18.4 Å². The van der Waals surface area contributed by atoms with Crippen molar-refractivity contribution < 1.29 is 40.2 Å². The molecule has 2 atom stereocenters. The van der Waals surface area contributed by atoms with Crippen LogP contribution in [0.5, 0.6) is 5.75 Å². The first-order valence-electron chi connectivity index (χ1n) is 15.1. The summed E-state index contributed by atoms with van der Waals surface area (Å²) < 4.78 is 74.1. The van der Waals surface area contributed by atoms with E-state index in [1.807, 2.05) is 24.3 Å². The highest BCUT2D eigenvalue weighted by Gasteiger charge is 2.61. The number of benzene rings is 2. The molecule has 4 aliphatic carbocycles. The van der Waals surface area contributed by atoms with Gasteiger partial charge in [0.15, 0.2) is 0 Å². The van der Waals surface area contributed by atoms with Crippen molar-refractivity contribution in [2.75, 3.05) is 24.7 Å². The third kappa shape index (κ3) is 5.32. The van der Waals surface area contributed by atoms with Gasteiger partial charge >= 0.3 is 21.3 Å². The predicted octanol–water partition coefficient (Wildman–Crippen LogP) is 6.70. The monoisotopic (exact) mass is 626 g/mol. The fourth-order valence-electron chi connectivity index (χ4n) is 8.31.